The fraction of sp³-hybridized carbons (Fsp3) is 0. The summed E-state index contributed by atoms with van der Waals surface area (Å²) in [6.07, 6.45) is 0. The molecule has 0 aromatic heterocycles. The molecule has 21 heavy (non-hydrogen) atoms. The van der Waals surface area contributed by atoms with Crippen LogP contribution in [0.1, 0.15) is 20.7 Å². The van der Waals surface area contributed by atoms with Crippen molar-refractivity contribution < 1.29 is 23.5 Å². The van der Waals surface area contributed by atoms with Crippen LogP contribution in [0.2, 0.25) is 0 Å². The zero-order chi connectivity index (χ0) is 15.6. The fourth-order valence-corrected chi connectivity index (χ4v) is 1.71. The number of anilines is 2. The Balaban J connectivity index is 2.34. The topological polar surface area (TPSA) is 92.4 Å². The first-order chi connectivity index (χ1) is 9.88. The van der Waals surface area contributed by atoms with E-state index < -0.39 is 29.1 Å². The summed E-state index contributed by atoms with van der Waals surface area (Å²) in [4.78, 5) is 22.9. The van der Waals surface area contributed by atoms with Crippen molar-refractivity contribution in [2.45, 2.75) is 0 Å². The van der Waals surface area contributed by atoms with Gasteiger partial charge in [0.25, 0.3) is 5.91 Å². The van der Waals surface area contributed by atoms with Gasteiger partial charge in [-0.3, -0.25) is 4.79 Å². The van der Waals surface area contributed by atoms with E-state index in [1.54, 1.807) is 0 Å². The summed E-state index contributed by atoms with van der Waals surface area (Å²) in [6.45, 7) is 0. The van der Waals surface area contributed by atoms with Gasteiger partial charge in [-0.15, -0.1) is 0 Å². The molecule has 108 valence electrons. The van der Waals surface area contributed by atoms with Crippen molar-refractivity contribution >= 4 is 23.3 Å². The molecule has 0 atom stereocenters. The van der Waals surface area contributed by atoms with Crippen molar-refractivity contribution in [3.8, 4) is 0 Å². The first-order valence-corrected chi connectivity index (χ1v) is 5.77. The van der Waals surface area contributed by atoms with Crippen LogP contribution in [-0.4, -0.2) is 17.0 Å². The van der Waals surface area contributed by atoms with Gasteiger partial charge < -0.3 is 16.2 Å². The molecule has 7 heteroatoms. The Labute approximate surface area is 118 Å². The fourth-order valence-electron chi connectivity index (χ4n) is 1.71. The van der Waals surface area contributed by atoms with Gasteiger partial charge >= 0.3 is 5.97 Å². The first kappa shape index (κ1) is 14.4. The molecule has 0 aliphatic carbocycles. The number of benzene rings is 2. The number of halogens is 2. The van der Waals surface area contributed by atoms with Crippen LogP contribution < -0.4 is 11.1 Å². The second-order valence-electron chi connectivity index (χ2n) is 4.19. The molecule has 0 radical (unpaired) electrons. The molecule has 0 aliphatic rings. The SMILES string of the molecule is Nc1ccc(C(=O)Nc2ccc(F)cc2C(=O)O)c(F)c1. The highest BCUT2D eigenvalue weighted by Crippen LogP contribution is 2.19. The van der Waals surface area contributed by atoms with E-state index in [4.69, 9.17) is 10.8 Å². The van der Waals surface area contributed by atoms with Crippen LogP contribution in [0.3, 0.4) is 0 Å². The minimum absolute atomic E-state index is 0.134. The Kier molecular flexibility index (Phi) is 3.84. The summed E-state index contributed by atoms with van der Waals surface area (Å²) in [6, 6.07) is 6.31. The van der Waals surface area contributed by atoms with Gasteiger partial charge in [0.1, 0.15) is 11.6 Å². The Bertz CT molecular complexity index is 732. The van der Waals surface area contributed by atoms with Crippen LogP contribution in [-0.2, 0) is 0 Å². The largest absolute Gasteiger partial charge is 0.478 e. The number of nitrogens with two attached hydrogens (primary N) is 1. The van der Waals surface area contributed by atoms with Crippen molar-refractivity contribution in [1.29, 1.82) is 0 Å². The standard InChI is InChI=1S/C14H10F2N2O3/c15-7-1-4-12(10(5-7)14(20)21)18-13(19)9-3-2-8(17)6-11(9)16/h1-6H,17H2,(H,18,19)(H,20,21). The van der Waals surface area contributed by atoms with E-state index >= 15 is 0 Å². The van der Waals surface area contributed by atoms with Gasteiger partial charge in [0.15, 0.2) is 0 Å². The molecule has 0 fully saturated rings. The second kappa shape index (κ2) is 5.58. The van der Waals surface area contributed by atoms with E-state index in [1.807, 2.05) is 0 Å². The molecular formula is C14H10F2N2O3. The minimum Gasteiger partial charge on any atom is -0.478 e. The molecule has 5 nitrogen and oxygen atoms in total. The molecule has 0 unspecified atom stereocenters. The highest BCUT2D eigenvalue weighted by molar-refractivity contribution is 6.08. The molecule has 0 heterocycles. The van der Waals surface area contributed by atoms with Gasteiger partial charge in [-0.1, -0.05) is 0 Å². The monoisotopic (exact) mass is 292 g/mol. The van der Waals surface area contributed by atoms with Crippen molar-refractivity contribution in [2.24, 2.45) is 0 Å². The van der Waals surface area contributed by atoms with Gasteiger partial charge in [-0.25, -0.2) is 13.6 Å². The van der Waals surface area contributed by atoms with Crippen LogP contribution in [0.15, 0.2) is 36.4 Å². The molecule has 0 bridgehead atoms. The number of nitrogen functional groups attached to an aromatic ring is 1. The maximum Gasteiger partial charge on any atom is 0.337 e. The third-order valence-corrected chi connectivity index (χ3v) is 2.70. The number of rotatable bonds is 3. The lowest BCUT2D eigenvalue weighted by molar-refractivity contribution is 0.0697. The van der Waals surface area contributed by atoms with Gasteiger partial charge in [-0.2, -0.15) is 0 Å². The van der Waals surface area contributed by atoms with Gasteiger partial charge in [-0.05, 0) is 36.4 Å². The Hall–Kier alpha value is -2.96. The lowest BCUT2D eigenvalue weighted by Crippen LogP contribution is -2.16. The predicted octanol–water partition coefficient (Wildman–Crippen LogP) is 2.50. The van der Waals surface area contributed by atoms with Crippen LogP contribution >= 0.6 is 0 Å². The minimum atomic E-state index is -1.41. The summed E-state index contributed by atoms with van der Waals surface area (Å²) < 4.78 is 26.6. The lowest BCUT2D eigenvalue weighted by atomic mass is 10.1. The third-order valence-electron chi connectivity index (χ3n) is 2.70. The number of carboxylic acids is 1. The van der Waals surface area contributed by atoms with Crippen LogP contribution in [0.4, 0.5) is 20.2 Å². The maximum absolute atomic E-state index is 13.6. The smallest absolute Gasteiger partial charge is 0.337 e. The van der Waals surface area contributed by atoms with Crippen molar-refractivity contribution in [3.05, 3.63) is 59.2 Å². The average molecular weight is 292 g/mol. The summed E-state index contributed by atoms with van der Waals surface area (Å²) in [5.74, 6) is -3.88. The number of carbonyl (C=O) groups is 2. The number of amides is 1. The highest BCUT2D eigenvalue weighted by atomic mass is 19.1. The number of hydrogen-bond acceptors (Lipinski definition) is 3. The quantitative estimate of drug-likeness (QED) is 0.758. The number of hydrogen-bond donors (Lipinski definition) is 3. The van der Waals surface area contributed by atoms with Gasteiger partial charge in [0, 0.05) is 5.69 Å². The summed E-state index contributed by atoms with van der Waals surface area (Å²) in [7, 11) is 0. The van der Waals surface area contributed by atoms with E-state index in [0.29, 0.717) is 0 Å². The molecule has 0 saturated heterocycles. The highest BCUT2D eigenvalue weighted by Gasteiger charge is 2.17. The summed E-state index contributed by atoms with van der Waals surface area (Å²) >= 11 is 0. The van der Waals surface area contributed by atoms with Crippen molar-refractivity contribution in [3.63, 3.8) is 0 Å². The Morgan fingerprint density at radius 2 is 1.76 bits per heavy atom. The van der Waals surface area contributed by atoms with Crippen LogP contribution in [0, 0.1) is 11.6 Å². The summed E-state index contributed by atoms with van der Waals surface area (Å²) in [5, 5.41) is 11.2. The maximum atomic E-state index is 13.6. The number of nitrogens with one attached hydrogen (secondary N) is 1. The molecule has 2 aromatic rings. The van der Waals surface area contributed by atoms with E-state index in [-0.39, 0.29) is 16.9 Å². The number of carbonyl (C=O) groups excluding carboxylic acids is 1. The van der Waals surface area contributed by atoms with E-state index in [0.717, 1.165) is 24.3 Å². The zero-order valence-electron chi connectivity index (χ0n) is 10.6. The zero-order valence-corrected chi connectivity index (χ0v) is 10.6. The predicted molar refractivity (Wildman–Crippen MR) is 72.1 cm³/mol. The van der Waals surface area contributed by atoms with Gasteiger partial charge in [0.2, 0.25) is 0 Å². The van der Waals surface area contributed by atoms with E-state index in [1.165, 1.54) is 12.1 Å². The normalized spacial score (nSPS) is 10.2. The molecule has 0 aliphatic heterocycles. The van der Waals surface area contributed by atoms with Crippen LogP contribution in [0.25, 0.3) is 0 Å². The molecule has 1 amide bonds. The summed E-state index contributed by atoms with van der Waals surface area (Å²) in [5.41, 5.74) is 4.65. The third kappa shape index (κ3) is 3.14. The average Bonchev–Trinajstić information content (AvgIpc) is 2.40. The van der Waals surface area contributed by atoms with Crippen molar-refractivity contribution in [1.82, 2.24) is 0 Å². The molecule has 0 saturated carbocycles. The van der Waals surface area contributed by atoms with Crippen molar-refractivity contribution in [2.75, 3.05) is 11.1 Å². The molecule has 4 N–H and O–H groups in total. The Morgan fingerprint density at radius 3 is 2.38 bits per heavy atom. The lowest BCUT2D eigenvalue weighted by Gasteiger charge is -2.09. The first-order valence-electron chi connectivity index (χ1n) is 5.77. The van der Waals surface area contributed by atoms with E-state index in [9.17, 15) is 18.4 Å². The van der Waals surface area contributed by atoms with Crippen LogP contribution in [0.5, 0.6) is 0 Å². The Morgan fingerprint density at radius 1 is 1.05 bits per heavy atom. The second-order valence-corrected chi connectivity index (χ2v) is 4.19. The molecule has 0 spiro atoms. The number of aromatic carboxylic acids is 1. The number of carboxylic acid groups (broad SMARTS) is 1. The van der Waals surface area contributed by atoms with E-state index in [2.05, 4.69) is 5.32 Å². The molecular weight excluding hydrogens is 282 g/mol. The molecule has 2 rings (SSSR count). The molecule has 2 aromatic carbocycles. The van der Waals surface area contributed by atoms with Gasteiger partial charge in [0.05, 0.1) is 16.8 Å².